The van der Waals surface area contributed by atoms with Crippen molar-refractivity contribution >= 4 is 5.69 Å². The van der Waals surface area contributed by atoms with E-state index >= 15 is 0 Å². The molecule has 3 heteroatoms. The minimum atomic E-state index is -0.173. The molecule has 0 aromatic heterocycles. The first-order valence-electron chi connectivity index (χ1n) is 5.93. The van der Waals surface area contributed by atoms with Gasteiger partial charge in [0.1, 0.15) is 5.82 Å². The van der Waals surface area contributed by atoms with Gasteiger partial charge in [0.2, 0.25) is 0 Å². The molecule has 0 spiro atoms. The molecule has 2 atom stereocenters. The standard InChI is InChI=1S/C13H19FN2/c1-9-5-6-11(14)13(7-9)16-12-4-2-3-10(12)8-15/h5-7,10,12,16H,2-4,8,15H2,1H3. The largest absolute Gasteiger partial charge is 0.380 e. The van der Waals surface area contributed by atoms with Gasteiger partial charge < -0.3 is 11.1 Å². The minimum Gasteiger partial charge on any atom is -0.380 e. The van der Waals surface area contributed by atoms with Crippen molar-refractivity contribution in [2.75, 3.05) is 11.9 Å². The van der Waals surface area contributed by atoms with Crippen molar-refractivity contribution in [3.05, 3.63) is 29.6 Å². The fraction of sp³-hybridized carbons (Fsp3) is 0.538. The van der Waals surface area contributed by atoms with E-state index in [0.29, 0.717) is 24.2 Å². The zero-order valence-electron chi connectivity index (χ0n) is 9.67. The van der Waals surface area contributed by atoms with E-state index in [-0.39, 0.29) is 5.82 Å². The van der Waals surface area contributed by atoms with Crippen LogP contribution in [0.1, 0.15) is 24.8 Å². The number of halogens is 1. The fourth-order valence-corrected chi connectivity index (χ4v) is 2.46. The average molecular weight is 222 g/mol. The second-order valence-electron chi connectivity index (χ2n) is 4.66. The highest BCUT2D eigenvalue weighted by Gasteiger charge is 2.26. The number of hydrogen-bond donors (Lipinski definition) is 2. The van der Waals surface area contributed by atoms with Crippen molar-refractivity contribution in [2.24, 2.45) is 11.7 Å². The van der Waals surface area contributed by atoms with Crippen molar-refractivity contribution in [3.8, 4) is 0 Å². The smallest absolute Gasteiger partial charge is 0.146 e. The number of nitrogens with two attached hydrogens (primary N) is 1. The number of benzene rings is 1. The summed E-state index contributed by atoms with van der Waals surface area (Å²) >= 11 is 0. The van der Waals surface area contributed by atoms with E-state index in [2.05, 4.69) is 5.32 Å². The van der Waals surface area contributed by atoms with Gasteiger partial charge in [-0.2, -0.15) is 0 Å². The molecular formula is C13H19FN2. The van der Waals surface area contributed by atoms with E-state index in [9.17, 15) is 4.39 Å². The van der Waals surface area contributed by atoms with Crippen molar-refractivity contribution in [2.45, 2.75) is 32.2 Å². The van der Waals surface area contributed by atoms with E-state index in [1.54, 1.807) is 6.07 Å². The Hall–Kier alpha value is -1.09. The molecule has 2 unspecified atom stereocenters. The summed E-state index contributed by atoms with van der Waals surface area (Å²) in [6.45, 7) is 2.66. The minimum absolute atomic E-state index is 0.173. The number of nitrogens with one attached hydrogen (secondary N) is 1. The molecule has 1 aliphatic carbocycles. The highest BCUT2D eigenvalue weighted by Crippen LogP contribution is 2.28. The van der Waals surface area contributed by atoms with E-state index in [1.807, 2.05) is 13.0 Å². The number of hydrogen-bond acceptors (Lipinski definition) is 2. The van der Waals surface area contributed by atoms with Crippen LogP contribution in [0, 0.1) is 18.7 Å². The fourth-order valence-electron chi connectivity index (χ4n) is 2.46. The van der Waals surface area contributed by atoms with Gasteiger partial charge in [0.05, 0.1) is 5.69 Å². The van der Waals surface area contributed by atoms with E-state index in [0.717, 1.165) is 18.4 Å². The summed E-state index contributed by atoms with van der Waals surface area (Å²) in [5.74, 6) is 0.313. The number of aryl methyl sites for hydroxylation is 1. The molecule has 1 aromatic carbocycles. The zero-order chi connectivity index (χ0) is 11.5. The Labute approximate surface area is 96.0 Å². The van der Waals surface area contributed by atoms with E-state index < -0.39 is 0 Å². The second-order valence-corrected chi connectivity index (χ2v) is 4.66. The third-order valence-electron chi connectivity index (χ3n) is 3.42. The molecular weight excluding hydrogens is 203 g/mol. The van der Waals surface area contributed by atoms with Crippen molar-refractivity contribution < 1.29 is 4.39 Å². The maximum atomic E-state index is 13.6. The van der Waals surface area contributed by atoms with Crippen LogP contribution in [0.4, 0.5) is 10.1 Å². The van der Waals surface area contributed by atoms with Crippen LogP contribution in [0.5, 0.6) is 0 Å². The number of anilines is 1. The van der Waals surface area contributed by atoms with Crippen LogP contribution in [-0.4, -0.2) is 12.6 Å². The molecule has 2 nitrogen and oxygen atoms in total. The first-order valence-corrected chi connectivity index (χ1v) is 5.93. The van der Waals surface area contributed by atoms with Crippen LogP contribution in [0.15, 0.2) is 18.2 Å². The third kappa shape index (κ3) is 2.35. The van der Waals surface area contributed by atoms with Crippen molar-refractivity contribution in [1.82, 2.24) is 0 Å². The lowest BCUT2D eigenvalue weighted by molar-refractivity contribution is 0.513. The van der Waals surface area contributed by atoms with Gasteiger partial charge in [0.25, 0.3) is 0 Å². The predicted molar refractivity (Wildman–Crippen MR) is 64.9 cm³/mol. The Kier molecular flexibility index (Phi) is 3.44. The molecule has 0 amide bonds. The Balaban J connectivity index is 2.11. The van der Waals surface area contributed by atoms with Gasteiger partial charge in [-0.05, 0) is 49.9 Å². The molecule has 1 saturated carbocycles. The topological polar surface area (TPSA) is 38.0 Å². The second kappa shape index (κ2) is 4.83. The lowest BCUT2D eigenvalue weighted by Crippen LogP contribution is -2.29. The highest BCUT2D eigenvalue weighted by atomic mass is 19.1. The summed E-state index contributed by atoms with van der Waals surface area (Å²) in [5, 5.41) is 3.30. The lowest BCUT2D eigenvalue weighted by Gasteiger charge is -2.21. The Morgan fingerprint density at radius 3 is 3.00 bits per heavy atom. The molecule has 1 aromatic rings. The summed E-state index contributed by atoms with van der Waals surface area (Å²) in [4.78, 5) is 0. The molecule has 2 rings (SSSR count). The van der Waals surface area contributed by atoms with Crippen LogP contribution in [-0.2, 0) is 0 Å². The van der Waals surface area contributed by atoms with Crippen molar-refractivity contribution in [1.29, 1.82) is 0 Å². The third-order valence-corrected chi connectivity index (χ3v) is 3.42. The normalized spacial score (nSPS) is 24.7. The van der Waals surface area contributed by atoms with Gasteiger partial charge in [-0.25, -0.2) is 4.39 Å². The zero-order valence-corrected chi connectivity index (χ0v) is 9.67. The van der Waals surface area contributed by atoms with Gasteiger partial charge in [0, 0.05) is 6.04 Å². The molecule has 0 heterocycles. The van der Waals surface area contributed by atoms with E-state index in [4.69, 9.17) is 5.73 Å². The molecule has 0 radical (unpaired) electrons. The lowest BCUT2D eigenvalue weighted by atomic mass is 10.0. The van der Waals surface area contributed by atoms with Crippen molar-refractivity contribution in [3.63, 3.8) is 0 Å². The van der Waals surface area contributed by atoms with Crippen LogP contribution in [0.2, 0.25) is 0 Å². The molecule has 0 aliphatic heterocycles. The predicted octanol–water partition coefficient (Wildman–Crippen LogP) is 2.67. The van der Waals surface area contributed by atoms with Gasteiger partial charge in [-0.1, -0.05) is 12.5 Å². The van der Waals surface area contributed by atoms with Crippen LogP contribution >= 0.6 is 0 Å². The van der Waals surface area contributed by atoms with E-state index in [1.165, 1.54) is 12.5 Å². The quantitative estimate of drug-likeness (QED) is 0.825. The maximum Gasteiger partial charge on any atom is 0.146 e. The summed E-state index contributed by atoms with van der Waals surface area (Å²) in [5.41, 5.74) is 7.40. The number of rotatable bonds is 3. The highest BCUT2D eigenvalue weighted by molar-refractivity contribution is 5.48. The molecule has 0 bridgehead atoms. The maximum absolute atomic E-state index is 13.6. The van der Waals surface area contributed by atoms with Gasteiger partial charge in [0.15, 0.2) is 0 Å². The molecule has 16 heavy (non-hydrogen) atoms. The van der Waals surface area contributed by atoms with Crippen LogP contribution in [0.25, 0.3) is 0 Å². The van der Waals surface area contributed by atoms with Gasteiger partial charge in [-0.15, -0.1) is 0 Å². The monoisotopic (exact) mass is 222 g/mol. The molecule has 0 saturated heterocycles. The summed E-state index contributed by atoms with van der Waals surface area (Å²) in [6.07, 6.45) is 3.43. The molecule has 1 aliphatic rings. The summed E-state index contributed by atoms with van der Waals surface area (Å²) in [6, 6.07) is 5.50. The first-order chi connectivity index (χ1) is 7.70. The Bertz CT molecular complexity index is 365. The van der Waals surface area contributed by atoms with Gasteiger partial charge >= 0.3 is 0 Å². The summed E-state index contributed by atoms with van der Waals surface area (Å²) < 4.78 is 13.6. The first kappa shape index (κ1) is 11.4. The molecule has 88 valence electrons. The van der Waals surface area contributed by atoms with Crippen LogP contribution < -0.4 is 11.1 Å². The SMILES string of the molecule is Cc1ccc(F)c(NC2CCCC2CN)c1. The summed E-state index contributed by atoms with van der Waals surface area (Å²) in [7, 11) is 0. The molecule has 1 fully saturated rings. The Morgan fingerprint density at radius 2 is 2.25 bits per heavy atom. The molecule has 3 N–H and O–H groups in total. The Morgan fingerprint density at radius 1 is 1.44 bits per heavy atom. The van der Waals surface area contributed by atoms with Gasteiger partial charge in [-0.3, -0.25) is 0 Å². The average Bonchev–Trinajstić information content (AvgIpc) is 2.71. The van der Waals surface area contributed by atoms with Crippen LogP contribution in [0.3, 0.4) is 0 Å².